The van der Waals surface area contributed by atoms with Crippen LogP contribution in [0.4, 0.5) is 5.69 Å². The average molecular weight is 415 g/mol. The number of anilines is 1. The molecule has 6 nitrogen and oxygen atoms in total. The Morgan fingerprint density at radius 1 is 1.06 bits per heavy atom. The highest BCUT2D eigenvalue weighted by Crippen LogP contribution is 2.25. The van der Waals surface area contributed by atoms with Crippen LogP contribution in [0.25, 0.3) is 10.9 Å². The summed E-state index contributed by atoms with van der Waals surface area (Å²) in [6.45, 7) is 8.38. The molecule has 31 heavy (non-hydrogen) atoms. The molecule has 2 heterocycles. The van der Waals surface area contributed by atoms with Crippen LogP contribution in [0, 0.1) is 27.7 Å². The summed E-state index contributed by atoms with van der Waals surface area (Å²) >= 11 is 0. The minimum Gasteiger partial charge on any atom is -0.497 e. The Balaban J connectivity index is 1.65. The molecule has 2 aromatic heterocycles. The Kier molecular flexibility index (Phi) is 5.46. The fourth-order valence-electron chi connectivity index (χ4n) is 3.82. The lowest BCUT2D eigenvalue weighted by Gasteiger charge is -2.11. The van der Waals surface area contributed by atoms with Crippen molar-refractivity contribution in [2.24, 2.45) is 0 Å². The molecular weight excluding hydrogens is 388 g/mol. The lowest BCUT2D eigenvalue weighted by molar-refractivity contribution is 0.102. The number of carbonyl (C=O) groups excluding carboxylic acids is 1. The number of hydrogen-bond acceptors (Lipinski definition) is 4. The van der Waals surface area contributed by atoms with Crippen molar-refractivity contribution in [3.05, 3.63) is 82.3 Å². The third-order valence-electron chi connectivity index (χ3n) is 5.42. The Hall–Kier alpha value is -3.67. The molecule has 4 aromatic rings. The molecule has 4 rings (SSSR count). The van der Waals surface area contributed by atoms with Crippen molar-refractivity contribution in [1.82, 2.24) is 14.8 Å². The second-order valence-electron chi connectivity index (χ2n) is 7.84. The van der Waals surface area contributed by atoms with Crippen LogP contribution in [-0.2, 0) is 6.54 Å². The van der Waals surface area contributed by atoms with Crippen LogP contribution in [0.2, 0.25) is 0 Å². The van der Waals surface area contributed by atoms with E-state index in [1.807, 2.05) is 80.9 Å². The molecule has 0 fully saturated rings. The number of pyridine rings is 1. The molecule has 0 radical (unpaired) electrons. The van der Waals surface area contributed by atoms with Gasteiger partial charge in [0.05, 0.1) is 41.8 Å². The van der Waals surface area contributed by atoms with E-state index in [4.69, 9.17) is 4.74 Å². The predicted molar refractivity (Wildman–Crippen MR) is 123 cm³/mol. The molecule has 158 valence electrons. The summed E-state index contributed by atoms with van der Waals surface area (Å²) in [5.74, 6) is 0.649. The number of aryl methyl sites for hydroxylation is 3. The quantitative estimate of drug-likeness (QED) is 0.500. The summed E-state index contributed by atoms with van der Waals surface area (Å²) in [4.78, 5) is 17.8. The average Bonchev–Trinajstić information content (AvgIpc) is 3.00. The Bertz CT molecular complexity index is 1290. The standard InChI is InChI=1S/C25H26N4O2/c1-15-9-10-23-21(11-15)22(12-16(2)26-23)25(30)27-24-17(3)28-29(18(24)4)14-19-7-6-8-20(13-19)31-5/h6-13H,14H2,1-5H3,(H,27,30). The molecular formula is C25H26N4O2. The summed E-state index contributed by atoms with van der Waals surface area (Å²) < 4.78 is 7.22. The van der Waals surface area contributed by atoms with E-state index in [1.54, 1.807) is 7.11 Å². The van der Waals surface area contributed by atoms with Gasteiger partial charge in [-0.1, -0.05) is 23.8 Å². The van der Waals surface area contributed by atoms with Gasteiger partial charge < -0.3 is 10.1 Å². The van der Waals surface area contributed by atoms with Crippen molar-refractivity contribution in [2.45, 2.75) is 34.2 Å². The SMILES string of the molecule is COc1cccc(Cn2nc(C)c(NC(=O)c3cc(C)nc4ccc(C)cc34)c2C)c1. The van der Waals surface area contributed by atoms with Gasteiger partial charge in [-0.05, 0) is 63.6 Å². The Labute approximate surface area is 181 Å². The summed E-state index contributed by atoms with van der Waals surface area (Å²) in [7, 11) is 1.65. The topological polar surface area (TPSA) is 69.0 Å². The molecule has 0 aliphatic carbocycles. The third kappa shape index (κ3) is 4.14. The van der Waals surface area contributed by atoms with Crippen LogP contribution in [-0.4, -0.2) is 27.8 Å². The number of fused-ring (bicyclic) bond motifs is 1. The smallest absolute Gasteiger partial charge is 0.256 e. The largest absolute Gasteiger partial charge is 0.497 e. The second kappa shape index (κ2) is 8.22. The maximum absolute atomic E-state index is 13.3. The number of ether oxygens (including phenoxy) is 1. The molecule has 6 heteroatoms. The lowest BCUT2D eigenvalue weighted by Crippen LogP contribution is -2.14. The van der Waals surface area contributed by atoms with E-state index in [1.165, 1.54) is 0 Å². The monoisotopic (exact) mass is 414 g/mol. The summed E-state index contributed by atoms with van der Waals surface area (Å²) in [5.41, 5.74) is 6.83. The van der Waals surface area contributed by atoms with Gasteiger partial charge in [0.15, 0.2) is 0 Å². The van der Waals surface area contributed by atoms with E-state index < -0.39 is 0 Å². The van der Waals surface area contributed by atoms with Gasteiger partial charge in [0.25, 0.3) is 5.91 Å². The minimum atomic E-state index is -0.159. The van der Waals surface area contributed by atoms with Crippen LogP contribution in [0.1, 0.15) is 38.6 Å². The molecule has 0 aliphatic heterocycles. The first-order valence-electron chi connectivity index (χ1n) is 10.2. The predicted octanol–water partition coefficient (Wildman–Crippen LogP) is 4.97. The summed E-state index contributed by atoms with van der Waals surface area (Å²) in [6, 6.07) is 15.7. The number of carbonyl (C=O) groups is 1. The van der Waals surface area contributed by atoms with Gasteiger partial charge >= 0.3 is 0 Å². The Morgan fingerprint density at radius 2 is 1.87 bits per heavy atom. The molecule has 0 saturated carbocycles. The zero-order valence-corrected chi connectivity index (χ0v) is 18.5. The van der Waals surface area contributed by atoms with Gasteiger partial charge in [0.2, 0.25) is 0 Å². The van der Waals surface area contributed by atoms with Crippen LogP contribution in [0.5, 0.6) is 5.75 Å². The van der Waals surface area contributed by atoms with Gasteiger partial charge in [-0.25, -0.2) is 0 Å². The van der Waals surface area contributed by atoms with Gasteiger partial charge in [0.1, 0.15) is 5.75 Å². The van der Waals surface area contributed by atoms with Crippen LogP contribution < -0.4 is 10.1 Å². The zero-order valence-electron chi connectivity index (χ0n) is 18.5. The highest BCUT2D eigenvalue weighted by Gasteiger charge is 2.18. The van der Waals surface area contributed by atoms with Crippen LogP contribution >= 0.6 is 0 Å². The number of methoxy groups -OCH3 is 1. The van der Waals surface area contributed by atoms with E-state index in [2.05, 4.69) is 15.4 Å². The molecule has 0 saturated heterocycles. The number of amides is 1. The van der Waals surface area contributed by atoms with E-state index in [0.29, 0.717) is 12.1 Å². The van der Waals surface area contributed by atoms with Crippen molar-refractivity contribution in [3.8, 4) is 5.75 Å². The highest BCUT2D eigenvalue weighted by atomic mass is 16.5. The molecule has 0 bridgehead atoms. The van der Waals surface area contributed by atoms with Crippen LogP contribution in [0.3, 0.4) is 0 Å². The van der Waals surface area contributed by atoms with Gasteiger partial charge in [-0.2, -0.15) is 5.10 Å². The van der Waals surface area contributed by atoms with E-state index in [-0.39, 0.29) is 5.91 Å². The number of hydrogen-bond donors (Lipinski definition) is 1. The fourth-order valence-corrected chi connectivity index (χ4v) is 3.82. The van der Waals surface area contributed by atoms with Gasteiger partial charge in [0, 0.05) is 11.1 Å². The number of rotatable bonds is 5. The third-order valence-corrected chi connectivity index (χ3v) is 5.42. The Morgan fingerprint density at radius 3 is 2.65 bits per heavy atom. The van der Waals surface area contributed by atoms with Gasteiger partial charge in [-0.15, -0.1) is 0 Å². The van der Waals surface area contributed by atoms with Crippen LogP contribution in [0.15, 0.2) is 48.5 Å². The normalized spacial score (nSPS) is 11.0. The van der Waals surface area contributed by atoms with Crippen molar-refractivity contribution >= 4 is 22.5 Å². The molecule has 0 unspecified atom stereocenters. The van der Waals surface area contributed by atoms with Crippen molar-refractivity contribution < 1.29 is 9.53 Å². The number of nitrogens with one attached hydrogen (secondary N) is 1. The lowest BCUT2D eigenvalue weighted by atomic mass is 10.0. The number of benzene rings is 2. The van der Waals surface area contributed by atoms with Crippen molar-refractivity contribution in [2.75, 3.05) is 12.4 Å². The van der Waals surface area contributed by atoms with E-state index in [0.717, 1.165) is 50.5 Å². The molecule has 1 amide bonds. The molecule has 1 N–H and O–H groups in total. The summed E-state index contributed by atoms with van der Waals surface area (Å²) in [6.07, 6.45) is 0. The van der Waals surface area contributed by atoms with Crippen molar-refractivity contribution in [1.29, 1.82) is 0 Å². The maximum atomic E-state index is 13.3. The second-order valence-corrected chi connectivity index (χ2v) is 7.84. The molecule has 0 aliphatic rings. The van der Waals surface area contributed by atoms with Gasteiger partial charge in [-0.3, -0.25) is 14.5 Å². The highest BCUT2D eigenvalue weighted by molar-refractivity contribution is 6.12. The van der Waals surface area contributed by atoms with Crippen molar-refractivity contribution in [3.63, 3.8) is 0 Å². The first-order chi connectivity index (χ1) is 14.9. The maximum Gasteiger partial charge on any atom is 0.256 e. The minimum absolute atomic E-state index is 0.159. The number of nitrogens with zero attached hydrogens (tertiary/aromatic N) is 3. The number of aromatic nitrogens is 3. The fraction of sp³-hybridized carbons (Fsp3) is 0.240. The molecule has 0 atom stereocenters. The van der Waals surface area contributed by atoms with E-state index >= 15 is 0 Å². The molecule has 0 spiro atoms. The summed E-state index contributed by atoms with van der Waals surface area (Å²) in [5, 5.41) is 8.59. The molecule has 2 aromatic carbocycles. The van der Waals surface area contributed by atoms with E-state index in [9.17, 15) is 4.79 Å². The first kappa shape index (κ1) is 20.6. The first-order valence-corrected chi connectivity index (χ1v) is 10.2. The zero-order chi connectivity index (χ0) is 22.1.